The van der Waals surface area contributed by atoms with Gasteiger partial charge in [-0.3, -0.25) is 9.69 Å². The summed E-state index contributed by atoms with van der Waals surface area (Å²) in [5, 5.41) is 10.4. The monoisotopic (exact) mass is 709 g/mol. The Morgan fingerprint density at radius 3 is 2.86 bits per heavy atom. The second-order valence-corrected chi connectivity index (χ2v) is 15.4. The van der Waals surface area contributed by atoms with Crippen LogP contribution in [0.25, 0.3) is 32.1 Å². The quantitative estimate of drug-likeness (QED) is 0.253. The van der Waals surface area contributed by atoms with Crippen LogP contribution >= 0.6 is 22.9 Å². The minimum Gasteiger partial charge on any atom is -0.489 e. The molecular formula is C34H31ClF3N7O3S. The van der Waals surface area contributed by atoms with Gasteiger partial charge in [0.15, 0.2) is 11.6 Å². The number of nitriles is 1. The highest BCUT2D eigenvalue weighted by Crippen LogP contribution is 2.58. The molecule has 4 atom stereocenters. The lowest BCUT2D eigenvalue weighted by molar-refractivity contribution is -0.117. The SMILES string of the molecule is N#Cc1c(N)sc2c(F)ccc(-c3c(Cl)c4c5c(nc(OC[C@@]67CCCN6C[C@H](F)C7)nc5c3F)N(C3CC35CCN(C=O)C5)CCO4)c12. The molecule has 1 aliphatic carbocycles. The van der Waals surface area contributed by atoms with Gasteiger partial charge in [0.2, 0.25) is 6.41 Å². The van der Waals surface area contributed by atoms with E-state index < -0.39 is 23.3 Å². The first kappa shape index (κ1) is 31.0. The zero-order chi connectivity index (χ0) is 33.8. The lowest BCUT2D eigenvalue weighted by Crippen LogP contribution is -2.43. The van der Waals surface area contributed by atoms with E-state index in [1.807, 2.05) is 6.07 Å². The van der Waals surface area contributed by atoms with Gasteiger partial charge in [0.1, 0.15) is 47.6 Å². The molecule has 49 heavy (non-hydrogen) atoms. The first-order chi connectivity index (χ1) is 23.7. The van der Waals surface area contributed by atoms with Crippen molar-refractivity contribution >= 4 is 61.2 Å². The van der Waals surface area contributed by atoms with Crippen LogP contribution in [0.5, 0.6) is 11.8 Å². The number of likely N-dealkylation sites (tertiary alicyclic amines) is 1. The summed E-state index contributed by atoms with van der Waals surface area (Å²) in [4.78, 5) is 27.1. The largest absolute Gasteiger partial charge is 0.489 e. The highest BCUT2D eigenvalue weighted by molar-refractivity contribution is 7.23. The van der Waals surface area contributed by atoms with Gasteiger partial charge in [-0.25, -0.2) is 13.2 Å². The van der Waals surface area contributed by atoms with Crippen LogP contribution in [0, 0.1) is 28.4 Å². The first-order valence-electron chi connectivity index (χ1n) is 16.4. The van der Waals surface area contributed by atoms with Gasteiger partial charge in [0, 0.05) is 48.5 Å². The molecular weight excluding hydrogens is 679 g/mol. The molecule has 1 saturated carbocycles. The van der Waals surface area contributed by atoms with Crippen LogP contribution < -0.4 is 20.1 Å². The molecule has 0 radical (unpaired) electrons. The minimum atomic E-state index is -0.955. The smallest absolute Gasteiger partial charge is 0.319 e. The van der Waals surface area contributed by atoms with E-state index in [4.69, 9.17) is 31.8 Å². The Morgan fingerprint density at radius 1 is 1.20 bits per heavy atom. The second-order valence-electron chi connectivity index (χ2n) is 14.0. The molecule has 4 fully saturated rings. The lowest BCUT2D eigenvalue weighted by atomic mass is 9.95. The van der Waals surface area contributed by atoms with Crippen molar-refractivity contribution in [3.63, 3.8) is 0 Å². The molecule has 1 spiro atoms. The number of carbonyl (C=O) groups excluding carboxylic acids is 1. The number of hydrogen-bond donors (Lipinski definition) is 1. The number of fused-ring (bicyclic) bond motifs is 2. The maximum absolute atomic E-state index is 17.2. The number of anilines is 2. The van der Waals surface area contributed by atoms with Crippen LogP contribution in [0.4, 0.5) is 24.0 Å². The van der Waals surface area contributed by atoms with E-state index in [2.05, 4.69) is 14.8 Å². The highest BCUT2D eigenvalue weighted by atomic mass is 35.5. The predicted octanol–water partition coefficient (Wildman–Crippen LogP) is 5.67. The molecule has 10 nitrogen and oxygen atoms in total. The number of rotatable bonds is 6. The molecule has 4 aromatic rings. The van der Waals surface area contributed by atoms with E-state index in [9.17, 15) is 14.4 Å². The fourth-order valence-corrected chi connectivity index (χ4v) is 10.2. The number of nitrogens with two attached hydrogens (primary N) is 1. The van der Waals surface area contributed by atoms with Gasteiger partial charge < -0.3 is 25.0 Å². The fraction of sp³-hybridized carbons (Fsp3) is 0.471. The van der Waals surface area contributed by atoms with Gasteiger partial charge in [-0.1, -0.05) is 17.7 Å². The molecule has 2 aromatic heterocycles. The zero-order valence-corrected chi connectivity index (χ0v) is 27.8. The summed E-state index contributed by atoms with van der Waals surface area (Å²) in [6, 6.07) is 4.55. The predicted molar refractivity (Wildman–Crippen MR) is 179 cm³/mol. The molecule has 254 valence electrons. The summed E-state index contributed by atoms with van der Waals surface area (Å²) in [7, 11) is 0. The molecule has 15 heteroatoms. The number of ether oxygens (including phenoxy) is 2. The maximum atomic E-state index is 17.2. The summed E-state index contributed by atoms with van der Waals surface area (Å²) < 4.78 is 59.5. The molecule has 4 aliphatic heterocycles. The number of halogens is 4. The van der Waals surface area contributed by atoms with Crippen molar-refractivity contribution in [2.45, 2.75) is 49.9 Å². The Morgan fingerprint density at radius 2 is 2.06 bits per heavy atom. The lowest BCUT2D eigenvalue weighted by Gasteiger charge is -2.31. The molecule has 2 N–H and O–H groups in total. The zero-order valence-electron chi connectivity index (χ0n) is 26.3. The Labute approximate surface area is 288 Å². The standard InChI is InChI=1S/C34H31ClF3N7O3S/c35-25-23(18-2-3-20(37)29-22(18)19(12-39)30(40)49-29)26(38)27-24-28(25)47-9-8-45(21-11-33(21)5-7-43(14-33)16-46)31(24)42-32(41-27)48-15-34-4-1-6-44(34)13-17(36)10-34/h2-3,16-17,21H,1,4-11,13-15,40H2/t17-,21?,33?,34+/m1/s1. The Hall–Kier alpha value is -4.06. The molecule has 2 aromatic carbocycles. The fourth-order valence-electron chi connectivity index (χ4n) is 8.92. The molecule has 6 heterocycles. The number of hydrogen-bond acceptors (Lipinski definition) is 10. The number of amides is 1. The summed E-state index contributed by atoms with van der Waals surface area (Å²) in [5.74, 6) is -0.832. The van der Waals surface area contributed by atoms with Gasteiger partial charge >= 0.3 is 6.01 Å². The number of benzene rings is 2. The van der Waals surface area contributed by atoms with Crippen LogP contribution in [0.15, 0.2) is 12.1 Å². The Kier molecular flexibility index (Phi) is 6.93. The molecule has 3 saturated heterocycles. The van der Waals surface area contributed by atoms with Crippen molar-refractivity contribution in [2.24, 2.45) is 5.41 Å². The van der Waals surface area contributed by atoms with Crippen LogP contribution in [-0.2, 0) is 4.79 Å². The van der Waals surface area contributed by atoms with E-state index in [-0.39, 0.29) is 84.1 Å². The second kappa shape index (κ2) is 11.0. The van der Waals surface area contributed by atoms with Gasteiger partial charge in [0.25, 0.3) is 0 Å². The summed E-state index contributed by atoms with van der Waals surface area (Å²) >= 11 is 7.96. The summed E-state index contributed by atoms with van der Waals surface area (Å²) in [6.07, 6.45) is 3.62. The Bertz CT molecular complexity index is 2130. The summed E-state index contributed by atoms with van der Waals surface area (Å²) in [5.41, 5.74) is 5.48. The van der Waals surface area contributed by atoms with Crippen molar-refractivity contribution in [3.8, 4) is 29.0 Å². The van der Waals surface area contributed by atoms with E-state index in [0.29, 0.717) is 38.4 Å². The van der Waals surface area contributed by atoms with Gasteiger partial charge in [-0.15, -0.1) is 11.3 Å². The third kappa shape index (κ3) is 4.51. The van der Waals surface area contributed by atoms with E-state index >= 15 is 8.78 Å². The first-order valence-corrected chi connectivity index (χ1v) is 17.6. The summed E-state index contributed by atoms with van der Waals surface area (Å²) in [6.45, 7) is 3.15. The van der Waals surface area contributed by atoms with Gasteiger partial charge in [0.05, 0.1) is 32.8 Å². The van der Waals surface area contributed by atoms with Gasteiger partial charge in [-0.05, 0) is 43.9 Å². The third-order valence-corrected chi connectivity index (χ3v) is 12.7. The maximum Gasteiger partial charge on any atom is 0.319 e. The minimum absolute atomic E-state index is 0.00852. The molecule has 5 aliphatic rings. The van der Waals surface area contributed by atoms with E-state index in [1.165, 1.54) is 12.1 Å². The average Bonchev–Trinajstić information content (AvgIpc) is 3.35. The highest BCUT2D eigenvalue weighted by Gasteiger charge is 2.60. The van der Waals surface area contributed by atoms with Gasteiger partial charge in [-0.2, -0.15) is 15.2 Å². The molecule has 9 rings (SSSR count). The molecule has 2 unspecified atom stereocenters. The number of thiophene rings is 1. The topological polar surface area (TPSA) is 121 Å². The number of aromatic nitrogens is 2. The number of carbonyl (C=O) groups is 1. The van der Waals surface area contributed by atoms with Crippen LogP contribution in [-0.4, -0.2) is 89.9 Å². The van der Waals surface area contributed by atoms with E-state index in [1.54, 1.807) is 4.90 Å². The number of nitrogens with zero attached hydrogens (tertiary/aromatic N) is 6. The number of alkyl halides is 1. The van der Waals surface area contributed by atoms with Crippen LogP contribution in [0.2, 0.25) is 5.02 Å². The molecule has 0 bridgehead atoms. The third-order valence-electron chi connectivity index (χ3n) is 11.3. The van der Waals surface area contributed by atoms with Crippen molar-refractivity contribution in [3.05, 3.63) is 34.4 Å². The normalized spacial score (nSPS) is 27.5. The van der Waals surface area contributed by atoms with E-state index in [0.717, 1.165) is 50.0 Å². The van der Waals surface area contributed by atoms with Crippen molar-refractivity contribution < 1.29 is 27.4 Å². The van der Waals surface area contributed by atoms with Crippen LogP contribution in [0.3, 0.4) is 0 Å². The van der Waals surface area contributed by atoms with Crippen molar-refractivity contribution in [1.29, 1.82) is 5.26 Å². The van der Waals surface area contributed by atoms with Crippen molar-refractivity contribution in [1.82, 2.24) is 19.8 Å². The Balaban J connectivity index is 1.23. The van der Waals surface area contributed by atoms with Crippen molar-refractivity contribution in [2.75, 3.05) is 56.6 Å². The molecule has 1 amide bonds. The average molecular weight is 710 g/mol. The number of nitrogen functional groups attached to an aromatic ring is 1. The van der Waals surface area contributed by atoms with Crippen LogP contribution in [0.1, 0.15) is 37.7 Å².